The van der Waals surface area contributed by atoms with E-state index in [2.05, 4.69) is 5.32 Å². The Hall–Kier alpha value is -1.23. The van der Waals surface area contributed by atoms with Crippen LogP contribution in [0.2, 0.25) is 5.02 Å². The van der Waals surface area contributed by atoms with Crippen molar-refractivity contribution >= 4 is 36.0 Å². The van der Waals surface area contributed by atoms with Gasteiger partial charge >= 0.3 is 0 Å². The quantitative estimate of drug-likeness (QED) is 0.828. The number of ether oxygens (including phenoxy) is 1. The van der Waals surface area contributed by atoms with E-state index < -0.39 is 0 Å². The van der Waals surface area contributed by atoms with Crippen molar-refractivity contribution in [2.24, 2.45) is 11.8 Å². The van der Waals surface area contributed by atoms with Gasteiger partial charge in [-0.3, -0.25) is 4.79 Å². The van der Waals surface area contributed by atoms with Crippen LogP contribution in [0.5, 0.6) is 5.75 Å². The normalized spacial score (nSPS) is 25.5. The second kappa shape index (κ2) is 7.34. The number of benzene rings is 1. The smallest absolute Gasteiger partial charge is 0.253 e. The number of carbonyl (C=O) groups is 1. The van der Waals surface area contributed by atoms with Gasteiger partial charge in [-0.1, -0.05) is 11.6 Å². The van der Waals surface area contributed by atoms with Gasteiger partial charge in [0.2, 0.25) is 0 Å². The zero-order valence-electron chi connectivity index (χ0n) is 13.5. The summed E-state index contributed by atoms with van der Waals surface area (Å²) in [5.74, 6) is 2.36. The number of nitrogens with one attached hydrogen (secondary N) is 1. The van der Waals surface area contributed by atoms with E-state index in [1.807, 2.05) is 29.2 Å². The molecule has 0 aliphatic carbocycles. The Morgan fingerprint density at radius 3 is 2.62 bits per heavy atom. The first-order chi connectivity index (χ1) is 11.2. The highest BCUT2D eigenvalue weighted by molar-refractivity contribution is 6.30. The van der Waals surface area contributed by atoms with Gasteiger partial charge in [0.05, 0.1) is 5.57 Å². The molecule has 2 fully saturated rings. The van der Waals surface area contributed by atoms with Gasteiger partial charge in [-0.05, 0) is 62.0 Å². The van der Waals surface area contributed by atoms with Crippen molar-refractivity contribution < 1.29 is 9.53 Å². The van der Waals surface area contributed by atoms with Crippen LogP contribution in [0.1, 0.15) is 18.4 Å². The Bertz CT molecular complexity index is 648. The summed E-state index contributed by atoms with van der Waals surface area (Å²) in [5, 5.41) is 4.13. The summed E-state index contributed by atoms with van der Waals surface area (Å²) in [4.78, 5) is 14.9. The molecule has 4 nitrogen and oxygen atoms in total. The summed E-state index contributed by atoms with van der Waals surface area (Å²) >= 11 is 6.04. The van der Waals surface area contributed by atoms with Gasteiger partial charge in [-0.2, -0.15) is 0 Å². The van der Waals surface area contributed by atoms with Crippen molar-refractivity contribution in [2.45, 2.75) is 12.8 Å². The van der Waals surface area contributed by atoms with Crippen LogP contribution in [0.4, 0.5) is 0 Å². The standard InChI is InChI=1S/C18H21ClN2O2.ClH/c19-16-1-2-17-14(8-16)7-15(11-23-17)18(22)21-5-3-12-9-20-10-13(12)4-6-21;/h1-2,7-8,12-13,20H,3-6,9-11H2;1H/t12-,13+;. The molecule has 1 aromatic rings. The number of nitrogens with zero attached hydrogens (tertiary/aromatic N) is 1. The summed E-state index contributed by atoms with van der Waals surface area (Å²) in [6.07, 6.45) is 4.13. The summed E-state index contributed by atoms with van der Waals surface area (Å²) in [6.45, 7) is 4.25. The number of hydrogen-bond acceptors (Lipinski definition) is 3. The molecule has 0 bridgehead atoms. The highest BCUT2D eigenvalue weighted by Gasteiger charge is 2.32. The van der Waals surface area contributed by atoms with Crippen molar-refractivity contribution in [3.63, 3.8) is 0 Å². The molecule has 2 atom stereocenters. The molecule has 0 unspecified atom stereocenters. The minimum absolute atomic E-state index is 0. The Kier molecular flexibility index (Phi) is 5.38. The van der Waals surface area contributed by atoms with Crippen molar-refractivity contribution in [3.05, 3.63) is 34.4 Å². The van der Waals surface area contributed by atoms with E-state index in [-0.39, 0.29) is 18.3 Å². The third-order valence-corrected chi connectivity index (χ3v) is 5.50. The van der Waals surface area contributed by atoms with Gasteiger partial charge in [0, 0.05) is 23.7 Å². The molecule has 0 saturated carbocycles. The molecule has 0 radical (unpaired) electrons. The number of rotatable bonds is 1. The predicted octanol–water partition coefficient (Wildman–Crippen LogP) is 3.00. The van der Waals surface area contributed by atoms with Gasteiger partial charge in [0.15, 0.2) is 0 Å². The summed E-state index contributed by atoms with van der Waals surface area (Å²) < 4.78 is 5.72. The Balaban J connectivity index is 0.00000169. The van der Waals surface area contributed by atoms with Gasteiger partial charge in [0.1, 0.15) is 12.4 Å². The minimum Gasteiger partial charge on any atom is -0.488 e. The number of hydrogen-bond donors (Lipinski definition) is 1. The summed E-state index contributed by atoms with van der Waals surface area (Å²) in [6, 6.07) is 5.51. The molecule has 4 rings (SSSR count). The number of amides is 1. The van der Waals surface area contributed by atoms with E-state index in [0.717, 1.165) is 67.7 Å². The molecule has 2 saturated heterocycles. The predicted molar refractivity (Wildman–Crippen MR) is 97.8 cm³/mol. The molecule has 3 heterocycles. The average Bonchev–Trinajstić information content (AvgIpc) is 2.92. The van der Waals surface area contributed by atoms with Crippen LogP contribution in [0.25, 0.3) is 6.08 Å². The molecular weight excluding hydrogens is 347 g/mol. The highest BCUT2D eigenvalue weighted by atomic mass is 35.5. The fraction of sp³-hybridized carbons (Fsp3) is 0.500. The number of halogens is 2. The van der Waals surface area contributed by atoms with Gasteiger partial charge in [0.25, 0.3) is 5.91 Å². The Morgan fingerprint density at radius 2 is 1.92 bits per heavy atom. The molecule has 0 aromatic heterocycles. The lowest BCUT2D eigenvalue weighted by Crippen LogP contribution is -2.35. The maximum Gasteiger partial charge on any atom is 0.253 e. The van der Waals surface area contributed by atoms with E-state index >= 15 is 0 Å². The lowest BCUT2D eigenvalue weighted by atomic mass is 9.92. The van der Waals surface area contributed by atoms with E-state index in [9.17, 15) is 4.79 Å². The van der Waals surface area contributed by atoms with E-state index in [4.69, 9.17) is 16.3 Å². The molecule has 6 heteroatoms. The average molecular weight is 369 g/mol. The molecule has 1 amide bonds. The fourth-order valence-corrected chi connectivity index (χ4v) is 4.08. The van der Waals surface area contributed by atoms with Crippen LogP contribution < -0.4 is 10.1 Å². The van der Waals surface area contributed by atoms with Crippen LogP contribution in [0.3, 0.4) is 0 Å². The van der Waals surface area contributed by atoms with Crippen molar-refractivity contribution in [1.29, 1.82) is 0 Å². The maximum atomic E-state index is 12.8. The second-order valence-corrected chi connectivity index (χ2v) is 7.12. The monoisotopic (exact) mass is 368 g/mol. The van der Waals surface area contributed by atoms with Crippen LogP contribution in [-0.4, -0.2) is 43.6 Å². The molecule has 3 aliphatic heterocycles. The zero-order valence-corrected chi connectivity index (χ0v) is 15.0. The summed E-state index contributed by atoms with van der Waals surface area (Å²) in [5.41, 5.74) is 1.62. The lowest BCUT2D eigenvalue weighted by Gasteiger charge is -2.25. The largest absolute Gasteiger partial charge is 0.488 e. The molecule has 24 heavy (non-hydrogen) atoms. The van der Waals surface area contributed by atoms with Crippen LogP contribution in [0.15, 0.2) is 23.8 Å². The van der Waals surface area contributed by atoms with Crippen LogP contribution in [0, 0.1) is 11.8 Å². The van der Waals surface area contributed by atoms with Crippen LogP contribution >= 0.6 is 24.0 Å². The van der Waals surface area contributed by atoms with E-state index in [1.54, 1.807) is 0 Å². The maximum absolute atomic E-state index is 12.8. The molecule has 1 aromatic carbocycles. The van der Waals surface area contributed by atoms with Gasteiger partial charge in [-0.25, -0.2) is 0 Å². The third kappa shape index (κ3) is 3.41. The Morgan fingerprint density at radius 1 is 1.21 bits per heavy atom. The first-order valence-corrected chi connectivity index (χ1v) is 8.71. The van der Waals surface area contributed by atoms with Crippen molar-refractivity contribution in [3.8, 4) is 5.75 Å². The SMILES string of the molecule is Cl.O=C(C1=Cc2cc(Cl)ccc2OC1)N1CC[C@@H]2CNC[C@@H]2CC1. The van der Waals surface area contributed by atoms with E-state index in [0.29, 0.717) is 11.6 Å². The number of carbonyl (C=O) groups excluding carboxylic acids is 1. The van der Waals surface area contributed by atoms with Gasteiger partial charge < -0.3 is 15.0 Å². The number of fused-ring (bicyclic) bond motifs is 2. The molecule has 1 N–H and O–H groups in total. The molecule has 0 spiro atoms. The second-order valence-electron chi connectivity index (χ2n) is 6.69. The molecule has 3 aliphatic rings. The first-order valence-electron chi connectivity index (χ1n) is 8.33. The van der Waals surface area contributed by atoms with Crippen LogP contribution in [-0.2, 0) is 4.79 Å². The third-order valence-electron chi connectivity index (χ3n) is 5.27. The van der Waals surface area contributed by atoms with E-state index in [1.165, 1.54) is 0 Å². The first kappa shape index (κ1) is 17.6. The lowest BCUT2D eigenvalue weighted by molar-refractivity contribution is -0.127. The summed E-state index contributed by atoms with van der Waals surface area (Å²) in [7, 11) is 0. The van der Waals surface area contributed by atoms with Gasteiger partial charge in [-0.15, -0.1) is 12.4 Å². The number of likely N-dealkylation sites (tertiary alicyclic amines) is 1. The Labute approximate surface area is 153 Å². The zero-order chi connectivity index (χ0) is 15.8. The minimum atomic E-state index is 0. The topological polar surface area (TPSA) is 41.6 Å². The molecule has 130 valence electrons. The molecular formula is C18H22Cl2N2O2. The van der Waals surface area contributed by atoms with Crippen molar-refractivity contribution in [2.75, 3.05) is 32.8 Å². The highest BCUT2D eigenvalue weighted by Crippen LogP contribution is 2.31. The van der Waals surface area contributed by atoms with Crippen molar-refractivity contribution in [1.82, 2.24) is 10.2 Å². The fourth-order valence-electron chi connectivity index (χ4n) is 3.90.